The predicted molar refractivity (Wildman–Crippen MR) is 56.4 cm³/mol. The maximum Gasteiger partial charge on any atom is 0.152 e. The first kappa shape index (κ1) is 9.40. The van der Waals surface area contributed by atoms with Crippen LogP contribution in [0.1, 0.15) is 5.69 Å². The maximum absolute atomic E-state index is 13.4. The minimum absolute atomic E-state index is 0.332. The molecule has 0 unspecified atom stereocenters. The third-order valence-corrected chi connectivity index (χ3v) is 2.33. The fourth-order valence-electron chi connectivity index (χ4n) is 1.25. The van der Waals surface area contributed by atoms with Crippen molar-refractivity contribution in [1.82, 2.24) is 9.97 Å². The van der Waals surface area contributed by atoms with Crippen LogP contribution in [0.2, 0.25) is 0 Å². The lowest BCUT2D eigenvalue weighted by atomic mass is 10.2. The standard InChI is InChI=1S/C10H8BrFN2/c1-6-2-3-9(14-6)10-8(12)4-7(11)5-13-10/h2-5,14H,1H3. The summed E-state index contributed by atoms with van der Waals surface area (Å²) >= 11 is 3.16. The predicted octanol–water partition coefficient (Wildman–Crippen LogP) is 3.29. The van der Waals surface area contributed by atoms with E-state index < -0.39 is 0 Å². The molecule has 0 bridgehead atoms. The van der Waals surface area contributed by atoms with Crippen LogP contribution in [0.3, 0.4) is 0 Å². The number of pyridine rings is 1. The molecule has 0 aliphatic carbocycles. The molecule has 0 saturated heterocycles. The molecule has 1 N–H and O–H groups in total. The summed E-state index contributed by atoms with van der Waals surface area (Å²) in [6.07, 6.45) is 1.58. The van der Waals surface area contributed by atoms with Crippen LogP contribution in [0.4, 0.5) is 4.39 Å². The number of hydrogen-bond acceptors (Lipinski definition) is 1. The van der Waals surface area contributed by atoms with E-state index in [2.05, 4.69) is 25.9 Å². The number of rotatable bonds is 1. The van der Waals surface area contributed by atoms with E-state index in [9.17, 15) is 4.39 Å². The summed E-state index contributed by atoms with van der Waals surface area (Å²) in [7, 11) is 0. The van der Waals surface area contributed by atoms with Gasteiger partial charge in [-0.3, -0.25) is 4.98 Å². The second-order valence-electron chi connectivity index (χ2n) is 3.04. The Bertz CT molecular complexity index is 465. The summed E-state index contributed by atoms with van der Waals surface area (Å²) in [5.74, 6) is -0.332. The largest absolute Gasteiger partial charge is 0.357 e. The van der Waals surface area contributed by atoms with Crippen LogP contribution >= 0.6 is 15.9 Å². The zero-order chi connectivity index (χ0) is 10.1. The summed E-state index contributed by atoms with van der Waals surface area (Å²) in [6, 6.07) is 5.10. The summed E-state index contributed by atoms with van der Waals surface area (Å²) in [5.41, 5.74) is 2.04. The minimum Gasteiger partial charge on any atom is -0.357 e. The Kier molecular flexibility index (Phi) is 2.37. The molecule has 2 rings (SSSR count). The van der Waals surface area contributed by atoms with Gasteiger partial charge in [-0.2, -0.15) is 0 Å². The molecule has 2 nitrogen and oxygen atoms in total. The van der Waals surface area contributed by atoms with E-state index in [1.54, 1.807) is 6.20 Å². The van der Waals surface area contributed by atoms with Crippen LogP contribution in [-0.4, -0.2) is 9.97 Å². The number of aromatic nitrogens is 2. The molecular weight excluding hydrogens is 247 g/mol. The van der Waals surface area contributed by atoms with Crippen LogP contribution < -0.4 is 0 Å². The number of hydrogen-bond donors (Lipinski definition) is 1. The summed E-state index contributed by atoms with van der Waals surface area (Å²) in [6.45, 7) is 1.92. The molecular formula is C10H8BrFN2. The minimum atomic E-state index is -0.332. The lowest BCUT2D eigenvalue weighted by molar-refractivity contribution is 0.624. The molecule has 4 heteroatoms. The first-order chi connectivity index (χ1) is 6.66. The Hall–Kier alpha value is -1.16. The van der Waals surface area contributed by atoms with Crippen molar-refractivity contribution in [3.8, 4) is 11.4 Å². The third-order valence-electron chi connectivity index (χ3n) is 1.89. The van der Waals surface area contributed by atoms with Gasteiger partial charge in [-0.25, -0.2) is 4.39 Å². The molecule has 72 valence electrons. The molecule has 0 spiro atoms. The van der Waals surface area contributed by atoms with Gasteiger partial charge in [0.1, 0.15) is 5.69 Å². The molecule has 0 amide bonds. The Morgan fingerprint density at radius 2 is 2.21 bits per heavy atom. The lowest BCUT2D eigenvalue weighted by Crippen LogP contribution is -1.89. The van der Waals surface area contributed by atoms with Crippen LogP contribution in [0.25, 0.3) is 11.4 Å². The van der Waals surface area contributed by atoms with Gasteiger partial charge in [0.2, 0.25) is 0 Å². The number of nitrogens with one attached hydrogen (secondary N) is 1. The van der Waals surface area contributed by atoms with Gasteiger partial charge < -0.3 is 4.98 Å². The van der Waals surface area contributed by atoms with E-state index in [0.717, 1.165) is 5.69 Å². The summed E-state index contributed by atoms with van der Waals surface area (Å²) in [4.78, 5) is 7.04. The Labute approximate surface area is 89.3 Å². The molecule has 0 atom stereocenters. The second kappa shape index (κ2) is 3.53. The Morgan fingerprint density at radius 3 is 2.79 bits per heavy atom. The van der Waals surface area contributed by atoms with Crippen molar-refractivity contribution in [3.63, 3.8) is 0 Å². The summed E-state index contributed by atoms with van der Waals surface area (Å²) < 4.78 is 14.1. The zero-order valence-corrected chi connectivity index (χ0v) is 9.10. The van der Waals surface area contributed by atoms with Crippen molar-refractivity contribution in [2.45, 2.75) is 6.92 Å². The molecule has 14 heavy (non-hydrogen) atoms. The van der Waals surface area contributed by atoms with Gasteiger partial charge in [0, 0.05) is 16.4 Å². The first-order valence-electron chi connectivity index (χ1n) is 4.14. The third kappa shape index (κ3) is 1.70. The quantitative estimate of drug-likeness (QED) is 0.832. The van der Waals surface area contributed by atoms with Crippen molar-refractivity contribution in [3.05, 3.63) is 40.4 Å². The topological polar surface area (TPSA) is 28.7 Å². The van der Waals surface area contributed by atoms with Crippen LogP contribution in [-0.2, 0) is 0 Å². The highest BCUT2D eigenvalue weighted by Gasteiger charge is 2.08. The van der Waals surface area contributed by atoms with Crippen LogP contribution in [0.15, 0.2) is 28.9 Å². The van der Waals surface area contributed by atoms with E-state index in [1.165, 1.54) is 6.07 Å². The second-order valence-corrected chi connectivity index (χ2v) is 3.95. The van der Waals surface area contributed by atoms with Gasteiger partial charge in [-0.05, 0) is 41.1 Å². The van der Waals surface area contributed by atoms with E-state index in [1.807, 2.05) is 19.1 Å². The fraction of sp³-hybridized carbons (Fsp3) is 0.100. The first-order valence-corrected chi connectivity index (χ1v) is 4.93. The van der Waals surface area contributed by atoms with Crippen molar-refractivity contribution in [2.24, 2.45) is 0 Å². The van der Waals surface area contributed by atoms with E-state index in [-0.39, 0.29) is 5.82 Å². The van der Waals surface area contributed by atoms with E-state index >= 15 is 0 Å². The average molecular weight is 255 g/mol. The highest BCUT2D eigenvalue weighted by atomic mass is 79.9. The SMILES string of the molecule is Cc1ccc(-c2ncc(Br)cc2F)[nH]1. The molecule has 2 aromatic heterocycles. The van der Waals surface area contributed by atoms with Crippen LogP contribution in [0, 0.1) is 12.7 Å². The van der Waals surface area contributed by atoms with Gasteiger partial charge in [-0.15, -0.1) is 0 Å². The maximum atomic E-state index is 13.4. The highest BCUT2D eigenvalue weighted by Crippen LogP contribution is 2.21. The van der Waals surface area contributed by atoms with Crippen molar-refractivity contribution < 1.29 is 4.39 Å². The monoisotopic (exact) mass is 254 g/mol. The zero-order valence-electron chi connectivity index (χ0n) is 7.51. The molecule has 0 aliphatic rings. The molecule has 0 saturated carbocycles. The Balaban J connectivity index is 2.52. The summed E-state index contributed by atoms with van der Waals surface area (Å²) in [5, 5.41) is 0. The van der Waals surface area contributed by atoms with Crippen molar-refractivity contribution in [1.29, 1.82) is 0 Å². The van der Waals surface area contributed by atoms with Gasteiger partial charge in [0.15, 0.2) is 5.82 Å². The molecule has 0 fully saturated rings. The normalized spacial score (nSPS) is 10.5. The highest BCUT2D eigenvalue weighted by molar-refractivity contribution is 9.10. The number of nitrogens with zero attached hydrogens (tertiary/aromatic N) is 1. The van der Waals surface area contributed by atoms with E-state index in [4.69, 9.17) is 0 Å². The molecule has 2 heterocycles. The molecule has 0 aliphatic heterocycles. The number of aryl methyl sites for hydroxylation is 1. The number of aromatic amines is 1. The fourth-order valence-corrected chi connectivity index (χ4v) is 1.56. The molecule has 0 radical (unpaired) electrons. The lowest BCUT2D eigenvalue weighted by Gasteiger charge is -1.99. The van der Waals surface area contributed by atoms with Gasteiger partial charge in [0.05, 0.1) is 5.69 Å². The average Bonchev–Trinajstić information content (AvgIpc) is 2.51. The van der Waals surface area contributed by atoms with Crippen molar-refractivity contribution in [2.75, 3.05) is 0 Å². The smallest absolute Gasteiger partial charge is 0.152 e. The van der Waals surface area contributed by atoms with E-state index in [0.29, 0.717) is 15.9 Å². The van der Waals surface area contributed by atoms with Gasteiger partial charge in [0.25, 0.3) is 0 Å². The van der Waals surface area contributed by atoms with Gasteiger partial charge >= 0.3 is 0 Å². The van der Waals surface area contributed by atoms with Crippen LogP contribution in [0.5, 0.6) is 0 Å². The van der Waals surface area contributed by atoms with Gasteiger partial charge in [-0.1, -0.05) is 0 Å². The number of halogens is 2. The molecule has 0 aromatic carbocycles. The molecule has 2 aromatic rings. The number of H-pyrrole nitrogens is 1. The van der Waals surface area contributed by atoms with Crippen molar-refractivity contribution >= 4 is 15.9 Å². The Morgan fingerprint density at radius 1 is 1.43 bits per heavy atom.